The van der Waals surface area contributed by atoms with Crippen molar-refractivity contribution in [2.24, 2.45) is 5.73 Å². The van der Waals surface area contributed by atoms with Gasteiger partial charge in [0.1, 0.15) is 15.4 Å². The largest absolute Gasteiger partial charge is 0.478 e. The molecule has 3 aromatic heterocycles. The summed E-state index contributed by atoms with van der Waals surface area (Å²) in [5.41, 5.74) is 6.84. The molecule has 4 aromatic rings. The Morgan fingerprint density at radius 2 is 2.00 bits per heavy atom. The van der Waals surface area contributed by atoms with Crippen molar-refractivity contribution in [2.45, 2.75) is 13.0 Å². The quantitative estimate of drug-likeness (QED) is 0.471. The highest BCUT2D eigenvalue weighted by molar-refractivity contribution is 9.10. The Balaban J connectivity index is 0.000000211. The molecule has 0 aliphatic carbocycles. The Hall–Kier alpha value is -2.69. The second-order valence-electron chi connectivity index (χ2n) is 5.75. The van der Waals surface area contributed by atoms with Crippen molar-refractivity contribution in [3.05, 3.63) is 69.2 Å². The van der Waals surface area contributed by atoms with Crippen molar-refractivity contribution in [1.82, 2.24) is 19.7 Å². The number of carboxylic acid groups (broad SMARTS) is 1. The van der Waals surface area contributed by atoms with Gasteiger partial charge in [-0.2, -0.15) is 5.10 Å². The molecule has 144 valence electrons. The second-order valence-corrected chi connectivity index (χ2v) is 7.46. The van der Waals surface area contributed by atoms with Gasteiger partial charge in [-0.3, -0.25) is 4.98 Å². The van der Waals surface area contributed by atoms with Crippen LogP contribution in [0.5, 0.6) is 0 Å². The highest BCUT2D eigenvalue weighted by Crippen LogP contribution is 2.21. The lowest BCUT2D eigenvalue weighted by atomic mass is 10.2. The number of fused-ring (bicyclic) bond motifs is 1. The van der Waals surface area contributed by atoms with E-state index in [1.54, 1.807) is 23.5 Å². The number of aromatic nitrogens is 4. The zero-order valence-corrected chi connectivity index (χ0v) is 17.0. The minimum Gasteiger partial charge on any atom is -0.478 e. The zero-order valence-electron chi connectivity index (χ0n) is 14.6. The number of carboxylic acids is 1. The van der Waals surface area contributed by atoms with Gasteiger partial charge in [-0.25, -0.2) is 18.9 Å². The van der Waals surface area contributed by atoms with Crippen LogP contribution in [-0.2, 0) is 0 Å². The van der Waals surface area contributed by atoms with Gasteiger partial charge in [0.05, 0.1) is 35.2 Å². The number of nitrogens with zero attached hydrogens (tertiary/aromatic N) is 4. The summed E-state index contributed by atoms with van der Waals surface area (Å²) in [6.45, 7) is 1.92. The van der Waals surface area contributed by atoms with E-state index in [1.807, 2.05) is 12.3 Å². The number of carbonyl (C=O) groups is 1. The summed E-state index contributed by atoms with van der Waals surface area (Å²) in [4.78, 5) is 19.1. The van der Waals surface area contributed by atoms with Crippen LogP contribution in [0.3, 0.4) is 0 Å². The van der Waals surface area contributed by atoms with E-state index in [-0.39, 0.29) is 17.4 Å². The normalized spacial score (nSPS) is 11.7. The molecule has 0 saturated heterocycles. The number of halogens is 2. The average Bonchev–Trinajstić information content (AvgIpc) is 3.29. The van der Waals surface area contributed by atoms with E-state index < -0.39 is 5.97 Å². The van der Waals surface area contributed by atoms with Gasteiger partial charge in [-0.05, 0) is 47.1 Å². The molecule has 1 aromatic carbocycles. The fraction of sp³-hybridized carbons (Fsp3) is 0.111. The van der Waals surface area contributed by atoms with Gasteiger partial charge in [0.2, 0.25) is 0 Å². The summed E-state index contributed by atoms with van der Waals surface area (Å²) in [6.07, 6.45) is 4.27. The molecule has 0 fully saturated rings. The number of thiazole rings is 1. The molecule has 7 nitrogen and oxygen atoms in total. The van der Waals surface area contributed by atoms with Crippen molar-refractivity contribution < 1.29 is 14.3 Å². The van der Waals surface area contributed by atoms with Gasteiger partial charge in [0, 0.05) is 17.0 Å². The summed E-state index contributed by atoms with van der Waals surface area (Å²) in [5, 5.41) is 16.6. The van der Waals surface area contributed by atoms with Gasteiger partial charge >= 0.3 is 5.97 Å². The van der Waals surface area contributed by atoms with Gasteiger partial charge in [-0.15, -0.1) is 11.3 Å². The Morgan fingerprint density at radius 1 is 1.29 bits per heavy atom. The Kier molecular flexibility index (Phi) is 6.12. The van der Waals surface area contributed by atoms with E-state index in [0.29, 0.717) is 16.6 Å². The fourth-order valence-corrected chi connectivity index (χ4v) is 3.60. The standard InChI is InChI=1S/C13H8FN3O2.C5H7BrN2S/c14-8-1-3-9(4-2-8)17-12-7-15-5-11(13(18)19)10(12)6-16-17;1-3(7)5-8-4(6)2-9-5/h1-7H,(H,18,19);2-3H,7H2,1H3/t;3-/m.0/s1. The van der Waals surface area contributed by atoms with Crippen LogP contribution in [-0.4, -0.2) is 30.8 Å². The molecule has 0 unspecified atom stereocenters. The molecule has 1 atom stereocenters. The molecule has 3 heterocycles. The molecule has 0 aliphatic rings. The van der Waals surface area contributed by atoms with Crippen molar-refractivity contribution in [2.75, 3.05) is 0 Å². The molecule has 0 spiro atoms. The molecule has 0 radical (unpaired) electrons. The van der Waals surface area contributed by atoms with Crippen LogP contribution in [0.25, 0.3) is 16.6 Å². The van der Waals surface area contributed by atoms with Crippen LogP contribution < -0.4 is 5.73 Å². The summed E-state index contributed by atoms with van der Waals surface area (Å²) in [7, 11) is 0. The number of benzene rings is 1. The summed E-state index contributed by atoms with van der Waals surface area (Å²) in [5.74, 6) is -1.40. The first-order valence-corrected chi connectivity index (χ1v) is 9.71. The fourth-order valence-electron chi connectivity index (χ4n) is 2.38. The number of aromatic carboxylic acids is 1. The third kappa shape index (κ3) is 4.41. The monoisotopic (exact) mass is 463 g/mol. The van der Waals surface area contributed by atoms with Crippen LogP contribution in [0.15, 0.2) is 52.8 Å². The Morgan fingerprint density at radius 3 is 2.54 bits per heavy atom. The van der Waals surface area contributed by atoms with Gasteiger partial charge in [0.25, 0.3) is 0 Å². The number of hydrogen-bond donors (Lipinski definition) is 2. The minimum atomic E-state index is -1.06. The first-order chi connectivity index (χ1) is 13.4. The third-order valence-corrected chi connectivity index (χ3v) is 5.44. The predicted molar refractivity (Wildman–Crippen MR) is 108 cm³/mol. The molecule has 28 heavy (non-hydrogen) atoms. The SMILES string of the molecule is C[C@H](N)c1nc(Br)cs1.O=C(O)c1cncc2c1cnn2-c1ccc(F)cc1. The molecule has 0 saturated carbocycles. The zero-order chi connectivity index (χ0) is 20.3. The average molecular weight is 464 g/mol. The van der Waals surface area contributed by atoms with Gasteiger partial charge in [-0.1, -0.05) is 0 Å². The smallest absolute Gasteiger partial charge is 0.338 e. The van der Waals surface area contributed by atoms with Crippen molar-refractivity contribution in [3.8, 4) is 5.69 Å². The van der Waals surface area contributed by atoms with E-state index in [9.17, 15) is 9.18 Å². The summed E-state index contributed by atoms with van der Waals surface area (Å²) < 4.78 is 15.3. The molecule has 0 amide bonds. The number of hydrogen-bond acceptors (Lipinski definition) is 6. The van der Waals surface area contributed by atoms with Crippen molar-refractivity contribution >= 4 is 44.1 Å². The van der Waals surface area contributed by atoms with E-state index >= 15 is 0 Å². The van der Waals surface area contributed by atoms with E-state index in [2.05, 4.69) is 31.0 Å². The van der Waals surface area contributed by atoms with Crippen LogP contribution in [0.4, 0.5) is 4.39 Å². The molecule has 4 rings (SSSR count). The molecular weight excluding hydrogens is 449 g/mol. The van der Waals surface area contributed by atoms with Crippen LogP contribution in [0.1, 0.15) is 28.3 Å². The maximum Gasteiger partial charge on any atom is 0.338 e. The molecule has 3 N–H and O–H groups in total. The number of rotatable bonds is 3. The first-order valence-electron chi connectivity index (χ1n) is 8.04. The Bertz CT molecular complexity index is 1110. The van der Waals surface area contributed by atoms with Crippen molar-refractivity contribution in [3.63, 3.8) is 0 Å². The maximum atomic E-state index is 12.9. The van der Waals surface area contributed by atoms with Crippen LogP contribution >= 0.6 is 27.3 Å². The second kappa shape index (κ2) is 8.55. The van der Waals surface area contributed by atoms with Crippen LogP contribution in [0, 0.1) is 5.82 Å². The number of pyridine rings is 1. The van der Waals surface area contributed by atoms with Gasteiger partial charge in [0.15, 0.2) is 0 Å². The maximum absolute atomic E-state index is 12.9. The molecule has 0 bridgehead atoms. The topological polar surface area (TPSA) is 107 Å². The summed E-state index contributed by atoms with van der Waals surface area (Å²) >= 11 is 4.82. The predicted octanol–water partition coefficient (Wildman–Crippen LogP) is 4.18. The molecule has 10 heteroatoms. The Labute approximate surface area is 171 Å². The van der Waals surface area contributed by atoms with Crippen molar-refractivity contribution in [1.29, 1.82) is 0 Å². The lowest BCUT2D eigenvalue weighted by Crippen LogP contribution is -2.03. The van der Waals surface area contributed by atoms with Crippen LogP contribution in [0.2, 0.25) is 0 Å². The highest BCUT2D eigenvalue weighted by Gasteiger charge is 2.13. The van der Waals surface area contributed by atoms with Gasteiger partial charge < -0.3 is 10.8 Å². The summed E-state index contributed by atoms with van der Waals surface area (Å²) in [6, 6.07) is 5.82. The van der Waals surface area contributed by atoms with E-state index in [0.717, 1.165) is 9.61 Å². The lowest BCUT2D eigenvalue weighted by Gasteiger charge is -2.03. The lowest BCUT2D eigenvalue weighted by molar-refractivity contribution is 0.0698. The van der Waals surface area contributed by atoms with E-state index in [4.69, 9.17) is 10.8 Å². The van der Waals surface area contributed by atoms with E-state index in [1.165, 1.54) is 35.4 Å². The highest BCUT2D eigenvalue weighted by atomic mass is 79.9. The number of nitrogens with two attached hydrogens (primary N) is 1. The third-order valence-electron chi connectivity index (χ3n) is 3.68. The molecular formula is C18H15BrFN5O2S. The molecule has 0 aliphatic heterocycles. The first kappa shape index (κ1) is 20.1. The minimum absolute atomic E-state index is 0.0568.